The summed E-state index contributed by atoms with van der Waals surface area (Å²) in [5, 5.41) is 0. The minimum atomic E-state index is -0.442. The van der Waals surface area contributed by atoms with E-state index < -0.39 is 11.4 Å². The molecule has 2 unspecified atom stereocenters. The molecule has 94 valence electrons. The number of ether oxygens (including phenoxy) is 1. The van der Waals surface area contributed by atoms with Gasteiger partial charge in [-0.3, -0.25) is 4.79 Å². The average molecular weight is 236 g/mol. The maximum absolute atomic E-state index is 12.1. The molecule has 2 atom stereocenters. The van der Waals surface area contributed by atoms with Crippen LogP contribution in [0, 0.1) is 16.7 Å². The summed E-state index contributed by atoms with van der Waals surface area (Å²) in [6.07, 6.45) is 2.58. The van der Waals surface area contributed by atoms with E-state index in [4.69, 9.17) is 4.74 Å². The molecule has 2 saturated carbocycles. The predicted molar refractivity (Wildman–Crippen MR) is 64.3 cm³/mol. The number of hydrogen-bond acceptors (Lipinski definition) is 3. The molecule has 0 N–H and O–H groups in total. The van der Waals surface area contributed by atoms with E-state index in [-0.39, 0.29) is 17.8 Å². The molecule has 2 bridgehead atoms. The number of esters is 1. The number of fused-ring (bicyclic) bond motifs is 2. The Morgan fingerprint density at radius 1 is 1.53 bits per heavy atom. The Labute approximate surface area is 102 Å². The molecule has 2 aliphatic carbocycles. The van der Waals surface area contributed by atoms with Gasteiger partial charge < -0.3 is 4.74 Å². The Hall–Kier alpha value is -1.12. The highest BCUT2D eigenvalue weighted by molar-refractivity contribution is 5.91. The van der Waals surface area contributed by atoms with Crippen LogP contribution in [-0.2, 0) is 14.3 Å². The lowest BCUT2D eigenvalue weighted by Crippen LogP contribution is -2.41. The number of carbonyl (C=O) groups is 2. The summed E-state index contributed by atoms with van der Waals surface area (Å²) in [7, 11) is 0. The molecule has 2 rings (SSSR count). The first-order chi connectivity index (χ1) is 7.81. The van der Waals surface area contributed by atoms with Crippen molar-refractivity contribution in [2.45, 2.75) is 40.0 Å². The third-order valence-electron chi connectivity index (χ3n) is 4.94. The fourth-order valence-electron chi connectivity index (χ4n) is 3.42. The van der Waals surface area contributed by atoms with E-state index >= 15 is 0 Å². The van der Waals surface area contributed by atoms with Crippen molar-refractivity contribution in [1.29, 1.82) is 0 Å². The molecule has 0 heterocycles. The summed E-state index contributed by atoms with van der Waals surface area (Å²) < 4.78 is 5.26. The van der Waals surface area contributed by atoms with E-state index in [1.165, 1.54) is 0 Å². The van der Waals surface area contributed by atoms with Crippen molar-refractivity contribution in [3.05, 3.63) is 12.2 Å². The van der Waals surface area contributed by atoms with Gasteiger partial charge in [0, 0.05) is 12.0 Å². The zero-order valence-electron chi connectivity index (χ0n) is 10.8. The summed E-state index contributed by atoms with van der Waals surface area (Å²) in [4.78, 5) is 23.6. The molecule has 2 aliphatic rings. The van der Waals surface area contributed by atoms with E-state index in [9.17, 15) is 9.59 Å². The van der Waals surface area contributed by atoms with Gasteiger partial charge in [0.05, 0.1) is 5.41 Å². The summed E-state index contributed by atoms with van der Waals surface area (Å²) in [5.41, 5.74) is -0.0958. The van der Waals surface area contributed by atoms with Crippen LogP contribution in [0.4, 0.5) is 0 Å². The first-order valence-corrected chi connectivity index (χ1v) is 6.17. The molecule has 17 heavy (non-hydrogen) atoms. The van der Waals surface area contributed by atoms with Gasteiger partial charge >= 0.3 is 5.97 Å². The number of rotatable bonds is 3. The lowest BCUT2D eigenvalue weighted by atomic mass is 9.69. The molecular formula is C14H20O3. The number of Topliss-reactive ketones (excluding diaryl/α,β-unsaturated/α-hetero) is 1. The molecule has 0 aliphatic heterocycles. The Kier molecular flexibility index (Phi) is 2.68. The number of hydrogen-bond donors (Lipinski definition) is 0. The zero-order valence-corrected chi connectivity index (χ0v) is 10.8. The molecule has 0 radical (unpaired) electrons. The predicted octanol–water partition coefficient (Wildman–Crippen LogP) is 2.50. The van der Waals surface area contributed by atoms with E-state index in [0.29, 0.717) is 17.9 Å². The van der Waals surface area contributed by atoms with Gasteiger partial charge in [-0.25, -0.2) is 4.79 Å². The van der Waals surface area contributed by atoms with Crippen molar-refractivity contribution in [3.63, 3.8) is 0 Å². The van der Waals surface area contributed by atoms with Gasteiger partial charge in [0.2, 0.25) is 0 Å². The third kappa shape index (κ3) is 1.55. The van der Waals surface area contributed by atoms with Crippen LogP contribution in [0.1, 0.15) is 40.0 Å². The smallest absolute Gasteiger partial charge is 0.333 e. The Balaban J connectivity index is 2.15. The van der Waals surface area contributed by atoms with Crippen LogP contribution in [0.5, 0.6) is 0 Å². The van der Waals surface area contributed by atoms with Gasteiger partial charge in [0.1, 0.15) is 12.4 Å². The van der Waals surface area contributed by atoms with Gasteiger partial charge in [-0.15, -0.1) is 0 Å². The molecule has 2 fully saturated rings. The van der Waals surface area contributed by atoms with E-state index in [2.05, 4.69) is 20.4 Å². The van der Waals surface area contributed by atoms with Gasteiger partial charge in [-0.05, 0) is 31.1 Å². The monoisotopic (exact) mass is 236 g/mol. The SMILES string of the molecule is C=C(C)C(=O)OCC12CCC(CC1=O)C2(C)C. The quantitative estimate of drug-likeness (QED) is 0.558. The van der Waals surface area contributed by atoms with Crippen LogP contribution in [0.25, 0.3) is 0 Å². The normalized spacial score (nSPS) is 33.8. The third-order valence-corrected chi connectivity index (χ3v) is 4.94. The maximum Gasteiger partial charge on any atom is 0.333 e. The summed E-state index contributed by atoms with van der Waals surface area (Å²) >= 11 is 0. The molecule has 3 nitrogen and oxygen atoms in total. The van der Waals surface area contributed by atoms with Gasteiger partial charge in [0.25, 0.3) is 0 Å². The van der Waals surface area contributed by atoms with Crippen LogP contribution in [0.2, 0.25) is 0 Å². The van der Waals surface area contributed by atoms with Crippen molar-refractivity contribution in [3.8, 4) is 0 Å². The molecule has 0 aromatic carbocycles. The second-order valence-corrected chi connectivity index (χ2v) is 6.02. The first-order valence-electron chi connectivity index (χ1n) is 6.17. The first kappa shape index (κ1) is 12.3. The van der Waals surface area contributed by atoms with Crippen LogP contribution in [-0.4, -0.2) is 18.4 Å². The topological polar surface area (TPSA) is 43.4 Å². The van der Waals surface area contributed by atoms with Gasteiger partial charge in [0.15, 0.2) is 0 Å². The molecule has 3 heteroatoms. The highest BCUT2D eigenvalue weighted by Gasteiger charge is 2.64. The van der Waals surface area contributed by atoms with E-state index in [1.54, 1.807) is 6.92 Å². The molecule has 0 amide bonds. The van der Waals surface area contributed by atoms with Crippen molar-refractivity contribution in [2.24, 2.45) is 16.7 Å². The molecular weight excluding hydrogens is 216 g/mol. The molecule has 0 spiro atoms. The largest absolute Gasteiger partial charge is 0.461 e. The van der Waals surface area contributed by atoms with E-state index in [0.717, 1.165) is 12.8 Å². The van der Waals surface area contributed by atoms with Crippen molar-refractivity contribution in [1.82, 2.24) is 0 Å². The second-order valence-electron chi connectivity index (χ2n) is 6.02. The summed E-state index contributed by atoms with van der Waals surface area (Å²) in [5.74, 6) is 0.338. The van der Waals surface area contributed by atoms with Crippen LogP contribution < -0.4 is 0 Å². The summed E-state index contributed by atoms with van der Waals surface area (Å²) in [6.45, 7) is 9.66. The van der Waals surface area contributed by atoms with Gasteiger partial charge in [-0.2, -0.15) is 0 Å². The fourth-order valence-corrected chi connectivity index (χ4v) is 3.42. The average Bonchev–Trinajstić information content (AvgIpc) is 2.59. The Morgan fingerprint density at radius 3 is 2.59 bits per heavy atom. The fraction of sp³-hybridized carbons (Fsp3) is 0.714. The number of ketones is 1. The lowest BCUT2D eigenvalue weighted by molar-refractivity contribution is -0.148. The van der Waals surface area contributed by atoms with Gasteiger partial charge in [-0.1, -0.05) is 20.4 Å². The van der Waals surface area contributed by atoms with Crippen molar-refractivity contribution in [2.75, 3.05) is 6.61 Å². The van der Waals surface area contributed by atoms with Crippen molar-refractivity contribution < 1.29 is 14.3 Å². The second kappa shape index (κ2) is 3.69. The van der Waals surface area contributed by atoms with E-state index in [1.807, 2.05) is 0 Å². The number of carbonyl (C=O) groups excluding carboxylic acids is 2. The van der Waals surface area contributed by atoms with Crippen molar-refractivity contribution >= 4 is 11.8 Å². The standard InChI is InChI=1S/C14H20O3/c1-9(2)12(16)17-8-14-6-5-10(7-11(14)15)13(14,3)4/h10H,1,5-8H2,2-4H3. The molecule has 0 saturated heterocycles. The molecule has 0 aromatic rings. The molecule has 0 aromatic heterocycles. The Morgan fingerprint density at radius 2 is 2.18 bits per heavy atom. The minimum absolute atomic E-state index is 0.0422. The summed E-state index contributed by atoms with van der Waals surface area (Å²) in [6, 6.07) is 0. The van der Waals surface area contributed by atoms with Crippen LogP contribution in [0.15, 0.2) is 12.2 Å². The zero-order chi connectivity index (χ0) is 12.8. The maximum atomic E-state index is 12.1. The highest BCUT2D eigenvalue weighted by Crippen LogP contribution is 2.63. The van der Waals surface area contributed by atoms with Crippen LogP contribution in [0.3, 0.4) is 0 Å². The Bertz CT molecular complexity index is 394. The van der Waals surface area contributed by atoms with Crippen LogP contribution >= 0.6 is 0 Å². The highest BCUT2D eigenvalue weighted by atomic mass is 16.5. The lowest BCUT2D eigenvalue weighted by Gasteiger charge is -2.35. The minimum Gasteiger partial charge on any atom is -0.461 e.